The van der Waals surface area contributed by atoms with Crippen LogP contribution in [0.2, 0.25) is 0 Å². The Kier molecular flexibility index (Phi) is 6.44. The van der Waals surface area contributed by atoms with Crippen LogP contribution in [0.25, 0.3) is 0 Å². The van der Waals surface area contributed by atoms with Gasteiger partial charge in [0.05, 0.1) is 5.92 Å². The van der Waals surface area contributed by atoms with E-state index in [0.29, 0.717) is 13.0 Å². The summed E-state index contributed by atoms with van der Waals surface area (Å²) in [6, 6.07) is -0.207. The van der Waals surface area contributed by atoms with Crippen LogP contribution in [-0.4, -0.2) is 34.1 Å². The molecule has 0 unspecified atom stereocenters. The lowest BCUT2D eigenvalue weighted by atomic mass is 10.2. The number of hydrogen-bond donors (Lipinski definition) is 2. The van der Waals surface area contributed by atoms with Crippen LogP contribution in [0.5, 0.6) is 0 Å². The Morgan fingerprint density at radius 1 is 1.28 bits per heavy atom. The first-order valence-corrected chi connectivity index (χ1v) is 10.5. The number of aromatic amines is 1. The molecule has 1 aromatic heterocycles. The van der Waals surface area contributed by atoms with Crippen LogP contribution in [0, 0.1) is 11.8 Å². The molecule has 29 heavy (non-hydrogen) atoms. The van der Waals surface area contributed by atoms with Crippen molar-refractivity contribution in [2.24, 2.45) is 11.8 Å². The Hall–Kier alpha value is -2.58. The Bertz CT molecular complexity index is 884. The molecule has 0 saturated heterocycles. The van der Waals surface area contributed by atoms with Gasteiger partial charge in [0.15, 0.2) is 12.3 Å². The summed E-state index contributed by atoms with van der Waals surface area (Å²) in [7, 11) is 0. The monoisotopic (exact) mass is 406 g/mol. The van der Waals surface area contributed by atoms with E-state index in [2.05, 4.69) is 4.98 Å². The first kappa shape index (κ1) is 21.1. The lowest BCUT2D eigenvalue weighted by Gasteiger charge is -2.29. The van der Waals surface area contributed by atoms with E-state index in [1.54, 1.807) is 0 Å². The number of carbonyl (C=O) groups excluding carboxylic acids is 2. The van der Waals surface area contributed by atoms with Crippen LogP contribution in [0.1, 0.15) is 58.8 Å². The van der Waals surface area contributed by atoms with E-state index in [4.69, 9.17) is 10.5 Å². The van der Waals surface area contributed by atoms with Gasteiger partial charge in [0.2, 0.25) is 0 Å². The fraction of sp³-hybridized carbons (Fsp3) is 0.700. The van der Waals surface area contributed by atoms with Crippen molar-refractivity contribution >= 4 is 23.4 Å². The lowest BCUT2D eigenvalue weighted by molar-refractivity contribution is -0.149. The number of anilines is 2. The fourth-order valence-electron chi connectivity index (χ4n) is 3.98. The molecule has 0 aliphatic heterocycles. The Morgan fingerprint density at radius 2 is 1.93 bits per heavy atom. The quantitative estimate of drug-likeness (QED) is 0.628. The molecule has 1 aromatic rings. The minimum absolute atomic E-state index is 0.0189. The highest BCUT2D eigenvalue weighted by atomic mass is 16.5. The predicted octanol–water partition coefficient (Wildman–Crippen LogP) is 1.39. The number of H-pyrrole nitrogens is 1. The van der Waals surface area contributed by atoms with Gasteiger partial charge < -0.3 is 10.5 Å². The molecule has 0 aromatic carbocycles. The van der Waals surface area contributed by atoms with E-state index >= 15 is 0 Å². The number of ether oxygens (including phenoxy) is 1. The summed E-state index contributed by atoms with van der Waals surface area (Å²) in [5, 5.41) is 0. The normalized spacial score (nSPS) is 21.2. The van der Waals surface area contributed by atoms with Crippen molar-refractivity contribution in [3.63, 3.8) is 0 Å². The zero-order valence-corrected chi connectivity index (χ0v) is 17.1. The number of amides is 1. The number of nitrogens with one attached hydrogen (secondary N) is 1. The number of aromatic nitrogens is 2. The van der Waals surface area contributed by atoms with E-state index in [1.807, 2.05) is 13.8 Å². The van der Waals surface area contributed by atoms with Crippen molar-refractivity contribution in [2.75, 3.05) is 17.2 Å². The maximum absolute atomic E-state index is 13.0. The molecule has 2 aliphatic rings. The summed E-state index contributed by atoms with van der Waals surface area (Å²) < 4.78 is 6.51. The first-order valence-electron chi connectivity index (χ1n) is 10.5. The summed E-state index contributed by atoms with van der Waals surface area (Å²) in [4.78, 5) is 53.5. The molecule has 1 heterocycles. The summed E-state index contributed by atoms with van der Waals surface area (Å²) in [6.45, 7) is 3.85. The maximum atomic E-state index is 13.0. The molecule has 9 nitrogen and oxygen atoms in total. The smallest absolute Gasteiger partial charge is 0.330 e. The van der Waals surface area contributed by atoms with Crippen LogP contribution < -0.4 is 21.9 Å². The summed E-state index contributed by atoms with van der Waals surface area (Å²) in [6.07, 6.45) is 5.65. The van der Waals surface area contributed by atoms with Gasteiger partial charge >= 0.3 is 11.7 Å². The van der Waals surface area contributed by atoms with Crippen molar-refractivity contribution in [2.45, 2.75) is 71.4 Å². The molecule has 1 amide bonds. The van der Waals surface area contributed by atoms with Crippen molar-refractivity contribution < 1.29 is 14.3 Å². The number of unbranched alkanes of at least 4 members (excludes halogenated alkanes) is 1. The predicted molar refractivity (Wildman–Crippen MR) is 109 cm³/mol. The largest absolute Gasteiger partial charge is 0.455 e. The zero-order chi connectivity index (χ0) is 21.1. The Balaban J connectivity index is 1.90. The maximum Gasteiger partial charge on any atom is 0.330 e. The lowest BCUT2D eigenvalue weighted by Crippen LogP contribution is -2.47. The van der Waals surface area contributed by atoms with Crippen molar-refractivity contribution in [3.05, 3.63) is 20.8 Å². The van der Waals surface area contributed by atoms with Gasteiger partial charge in [-0.15, -0.1) is 0 Å². The topological polar surface area (TPSA) is 127 Å². The van der Waals surface area contributed by atoms with E-state index in [-0.39, 0.29) is 35.4 Å². The standard InChI is InChI=1S/C20H30N4O5/c1-3-4-9-23-17(21)16(18(26)22-20(23)28)24(13-7-5-6-8-13)15(25)11-29-19(27)14-10-12(14)2/h12-14H,3-11,21H2,1-2H3,(H,22,26,28)/t12-,14-/m1/s1. The van der Waals surface area contributed by atoms with Crippen LogP contribution in [-0.2, 0) is 20.9 Å². The number of esters is 1. The molecule has 0 spiro atoms. The van der Waals surface area contributed by atoms with Gasteiger partial charge in [0.1, 0.15) is 5.82 Å². The van der Waals surface area contributed by atoms with Gasteiger partial charge in [0.25, 0.3) is 11.5 Å². The molecule has 0 radical (unpaired) electrons. The minimum Gasteiger partial charge on any atom is -0.455 e. The number of nitrogens with zero attached hydrogens (tertiary/aromatic N) is 2. The van der Waals surface area contributed by atoms with E-state index in [9.17, 15) is 19.2 Å². The van der Waals surface area contributed by atoms with Crippen LogP contribution in [0.4, 0.5) is 11.5 Å². The molecule has 160 valence electrons. The third kappa shape index (κ3) is 4.54. The second-order valence-electron chi connectivity index (χ2n) is 8.13. The third-order valence-corrected chi connectivity index (χ3v) is 5.90. The average molecular weight is 406 g/mol. The third-order valence-electron chi connectivity index (χ3n) is 5.90. The number of carbonyl (C=O) groups is 2. The summed E-state index contributed by atoms with van der Waals surface area (Å²) >= 11 is 0. The molecule has 3 rings (SSSR count). The SMILES string of the molecule is CCCCn1c(N)c(N(C(=O)COC(=O)[C@@H]2C[C@H]2C)C2CCCC2)c(=O)[nH]c1=O. The number of nitrogen functional groups attached to an aromatic ring is 1. The average Bonchev–Trinajstić information content (AvgIpc) is 3.17. The highest BCUT2D eigenvalue weighted by molar-refractivity contribution is 5.98. The van der Waals surface area contributed by atoms with Gasteiger partial charge in [0, 0.05) is 12.6 Å². The van der Waals surface area contributed by atoms with Crippen LogP contribution in [0.15, 0.2) is 9.59 Å². The summed E-state index contributed by atoms with van der Waals surface area (Å²) in [5.41, 5.74) is 4.91. The number of hydrogen-bond acceptors (Lipinski definition) is 6. The van der Waals surface area contributed by atoms with Crippen LogP contribution >= 0.6 is 0 Å². The van der Waals surface area contributed by atoms with E-state index < -0.39 is 23.8 Å². The molecule has 3 N–H and O–H groups in total. The molecule has 9 heteroatoms. The van der Waals surface area contributed by atoms with Gasteiger partial charge in [-0.25, -0.2) is 4.79 Å². The van der Waals surface area contributed by atoms with Gasteiger partial charge in [-0.05, 0) is 31.6 Å². The molecule has 0 bridgehead atoms. The van der Waals surface area contributed by atoms with Gasteiger partial charge in [-0.3, -0.25) is 28.8 Å². The fourth-order valence-corrected chi connectivity index (χ4v) is 3.98. The Morgan fingerprint density at radius 3 is 2.52 bits per heavy atom. The van der Waals surface area contributed by atoms with Crippen molar-refractivity contribution in [3.8, 4) is 0 Å². The van der Waals surface area contributed by atoms with Crippen molar-refractivity contribution in [1.82, 2.24) is 9.55 Å². The second kappa shape index (κ2) is 8.84. The molecule has 2 saturated carbocycles. The molecule has 2 fully saturated rings. The zero-order valence-electron chi connectivity index (χ0n) is 17.1. The minimum atomic E-state index is -0.692. The van der Waals surface area contributed by atoms with Crippen LogP contribution in [0.3, 0.4) is 0 Å². The first-order chi connectivity index (χ1) is 13.8. The number of rotatable bonds is 8. The Labute approximate surface area is 169 Å². The highest BCUT2D eigenvalue weighted by Crippen LogP contribution is 2.38. The van der Waals surface area contributed by atoms with Crippen molar-refractivity contribution in [1.29, 1.82) is 0 Å². The molecule has 2 atom stereocenters. The summed E-state index contributed by atoms with van der Waals surface area (Å²) in [5.74, 6) is -0.755. The van der Waals surface area contributed by atoms with E-state index in [0.717, 1.165) is 38.5 Å². The van der Waals surface area contributed by atoms with Gasteiger partial charge in [-0.2, -0.15) is 0 Å². The molecular formula is C20H30N4O5. The molecule has 2 aliphatic carbocycles. The van der Waals surface area contributed by atoms with Gasteiger partial charge in [-0.1, -0.05) is 33.1 Å². The number of nitrogens with two attached hydrogens (primary N) is 1. The molecular weight excluding hydrogens is 376 g/mol. The highest BCUT2D eigenvalue weighted by Gasteiger charge is 2.41. The second-order valence-corrected chi connectivity index (χ2v) is 8.13. The van der Waals surface area contributed by atoms with E-state index in [1.165, 1.54) is 9.47 Å².